The third kappa shape index (κ3) is 82.1. The van der Waals surface area contributed by atoms with Crippen LogP contribution >= 0.6 is 0 Å². The molecule has 0 radical (unpaired) electrons. The molecule has 0 amide bonds. The van der Waals surface area contributed by atoms with E-state index in [1.807, 2.05) is 75.0 Å². The minimum Gasteiger partial charge on any atom is -0.466 e. The van der Waals surface area contributed by atoms with E-state index in [2.05, 4.69) is 21.3 Å². The van der Waals surface area contributed by atoms with Crippen LogP contribution in [0, 0.1) is 27.1 Å². The number of carbonyl (C=O) groups is 12. The first kappa shape index (κ1) is 135. The number of nitrogens with two attached hydrogens (primary N) is 4. The third-order valence-corrected chi connectivity index (χ3v) is 25.0. The van der Waals surface area contributed by atoms with Gasteiger partial charge in [0.2, 0.25) is 0 Å². The number of esters is 12. The minimum absolute atomic E-state index is 0.0376. The van der Waals surface area contributed by atoms with E-state index in [1.54, 1.807) is 0 Å². The first-order chi connectivity index (χ1) is 68.1. The summed E-state index contributed by atoms with van der Waals surface area (Å²) in [6, 6.07) is 0. The molecule has 0 aromatic heterocycles. The van der Waals surface area contributed by atoms with E-state index in [-0.39, 0.29) is 254 Å². The molecule has 0 rings (SSSR count). The van der Waals surface area contributed by atoms with E-state index in [0.717, 1.165) is 32.1 Å². The van der Waals surface area contributed by atoms with Crippen molar-refractivity contribution in [1.82, 2.24) is 40.9 Å². The molecule has 0 aliphatic rings. The zero-order chi connectivity index (χ0) is 105. The lowest BCUT2D eigenvalue weighted by atomic mass is 9.81. The van der Waals surface area contributed by atoms with Gasteiger partial charge in [-0.1, -0.05) is 61.8 Å². The summed E-state index contributed by atoms with van der Waals surface area (Å²) in [6.07, 6.45) is 14.8. The van der Waals surface area contributed by atoms with Crippen molar-refractivity contribution >= 4 is 71.6 Å². The smallest absolute Gasteiger partial charge is 0.307 e. The van der Waals surface area contributed by atoms with Gasteiger partial charge in [-0.3, -0.25) is 57.5 Å². The van der Waals surface area contributed by atoms with E-state index in [4.69, 9.17) is 79.8 Å². The van der Waals surface area contributed by atoms with Crippen LogP contribution < -0.4 is 44.2 Å². The number of rotatable bonds is 101. The van der Waals surface area contributed by atoms with Gasteiger partial charge < -0.3 is 141 Å². The Morgan fingerprint density at radius 1 is 0.225 bits per heavy atom. The summed E-state index contributed by atoms with van der Waals surface area (Å²) in [7, 11) is 0. The van der Waals surface area contributed by atoms with Crippen molar-refractivity contribution in [3.63, 3.8) is 0 Å². The largest absolute Gasteiger partial charge is 0.466 e. The average Bonchev–Trinajstić information content (AvgIpc) is 0.848. The quantitative estimate of drug-likeness (QED) is 0.0178. The van der Waals surface area contributed by atoms with Gasteiger partial charge in [0.1, 0.15) is 31.8 Å². The molecule has 1 atom stereocenters. The Labute approximate surface area is 849 Å². The summed E-state index contributed by atoms with van der Waals surface area (Å²) in [6.45, 7) is 24.2. The lowest BCUT2D eigenvalue weighted by Crippen LogP contribution is -2.44. The molecule has 0 spiro atoms. The normalized spacial score (nSPS) is 12.3. The molecule has 1 unspecified atom stereocenters. The number of carbonyl (C=O) groups excluding carboxylic acids is 12. The van der Waals surface area contributed by atoms with Gasteiger partial charge in [-0.05, 0) is 254 Å². The molecule has 0 saturated heterocycles. The molecular weight excluding hydrogens is 1840 g/mol. The maximum Gasteiger partial charge on any atom is 0.307 e. The molecule has 0 heterocycles. The second-order valence-electron chi connectivity index (χ2n) is 39.6. The number of hydrogen-bond acceptors (Lipinski definition) is 40. The Bertz CT molecular complexity index is 3030. The SMILES string of the molecule is CCC(C)(CCOC(=O)CCNCCCN)CCOC(=O)CCN(CCCCCO)CCC(=O)OCC(COC(=O)CCN(CCCCCO)CCC(=O)OCCC(C)(C)CCOC(=O)CCNCCCN)(COC(=O)CCN(CCCCCO)CCC(=O)OCCC(C)(C)CCOC(=O)CCNCCCN)COC(=O)CCN(CCCCCO)CCC(=O)OCCC(C)(C)CCOC(=O)CCNCCCN. The lowest BCUT2D eigenvalue weighted by molar-refractivity contribution is -0.171. The number of nitrogens with zero attached hydrogens (tertiary/aromatic N) is 4. The van der Waals surface area contributed by atoms with Crippen molar-refractivity contribution in [1.29, 1.82) is 0 Å². The number of aliphatic hydroxyl groups is 4. The molecule has 0 fully saturated rings. The molecule has 40 heteroatoms. The molecule has 142 heavy (non-hydrogen) atoms. The lowest BCUT2D eigenvalue weighted by Gasteiger charge is -2.32. The highest BCUT2D eigenvalue weighted by atomic mass is 16.6. The van der Waals surface area contributed by atoms with Crippen LogP contribution in [-0.2, 0) is 114 Å². The summed E-state index contributed by atoms with van der Waals surface area (Å²) in [5.74, 6) is -6.22. The summed E-state index contributed by atoms with van der Waals surface area (Å²) in [4.78, 5) is 169. The zero-order valence-corrected chi connectivity index (χ0v) is 88.6. The summed E-state index contributed by atoms with van der Waals surface area (Å²) >= 11 is 0. The van der Waals surface area contributed by atoms with Crippen molar-refractivity contribution in [3.8, 4) is 0 Å². The van der Waals surface area contributed by atoms with Gasteiger partial charge in [0.25, 0.3) is 0 Å². The maximum atomic E-state index is 14.5. The summed E-state index contributed by atoms with van der Waals surface area (Å²) in [5.41, 5.74) is 19.1. The van der Waals surface area contributed by atoms with Gasteiger partial charge in [0.15, 0.2) is 0 Å². The van der Waals surface area contributed by atoms with Crippen molar-refractivity contribution < 1.29 is 135 Å². The van der Waals surface area contributed by atoms with E-state index in [0.29, 0.717) is 233 Å². The van der Waals surface area contributed by atoms with Crippen molar-refractivity contribution in [2.75, 3.05) is 263 Å². The molecule has 0 aromatic rings. The second kappa shape index (κ2) is 88.1. The van der Waals surface area contributed by atoms with Gasteiger partial charge >= 0.3 is 71.6 Å². The Balaban J connectivity index is 7.60. The van der Waals surface area contributed by atoms with Gasteiger partial charge in [0.05, 0.1) is 130 Å². The van der Waals surface area contributed by atoms with Gasteiger partial charge in [0, 0.05) is 105 Å². The first-order valence-corrected chi connectivity index (χ1v) is 52.9. The van der Waals surface area contributed by atoms with Gasteiger partial charge in [-0.25, -0.2) is 0 Å². The van der Waals surface area contributed by atoms with Crippen LogP contribution in [0.2, 0.25) is 0 Å². The maximum absolute atomic E-state index is 14.5. The average molecular weight is 2040 g/mol. The zero-order valence-electron chi connectivity index (χ0n) is 88.6. The number of nitrogens with one attached hydrogen (secondary N) is 4. The Morgan fingerprint density at radius 3 is 0.577 bits per heavy atom. The molecule has 0 saturated carbocycles. The topological polar surface area (TPSA) is 562 Å². The van der Waals surface area contributed by atoms with Crippen LogP contribution in [0.3, 0.4) is 0 Å². The van der Waals surface area contributed by atoms with Crippen LogP contribution in [0.4, 0.5) is 0 Å². The van der Waals surface area contributed by atoms with Crippen molar-refractivity contribution in [3.05, 3.63) is 0 Å². The molecule has 0 aliphatic heterocycles. The van der Waals surface area contributed by atoms with Crippen LogP contribution in [0.15, 0.2) is 0 Å². The molecule has 40 nitrogen and oxygen atoms in total. The molecule has 0 bridgehead atoms. The number of hydrogen-bond donors (Lipinski definition) is 12. The standard InChI is InChI=1S/C102H194N12O28/c1-9-101(8,44-80-137-89(122)29-57-110-53-25-49-106)45-81-138-93(126)33-65-114(61-17-13-21-73-118)69-37-97(130)142-85-102(82-139-94(127)34-66-111(58-14-10-18-70-115)62-30-90(123)134-77-41-98(2,3)38-74-131-86(119)26-54-107-50-22-46-103,83-140-95(128)35-67-112(59-15-11-19-71-116)63-31-91(124)135-78-42-99(4,5)39-75-132-87(120)27-55-108-51-23-47-104)84-141-96(129)36-68-113(60-16-12-20-72-117)64-32-92(125)136-79-43-100(6,7)40-76-133-88(121)28-56-109-52-24-48-105/h107-110,115-118H,9-85,103-106H2,1-8H3. The van der Waals surface area contributed by atoms with Crippen molar-refractivity contribution in [2.45, 2.75) is 293 Å². The predicted molar refractivity (Wildman–Crippen MR) is 542 cm³/mol. The first-order valence-electron chi connectivity index (χ1n) is 52.9. The van der Waals surface area contributed by atoms with E-state index < -0.39 is 79.6 Å². The summed E-state index contributed by atoms with van der Waals surface area (Å²) in [5, 5.41) is 51.4. The molecule has 0 aromatic carbocycles. The highest BCUT2D eigenvalue weighted by Gasteiger charge is 2.39. The molecule has 0 aliphatic carbocycles. The van der Waals surface area contributed by atoms with Crippen molar-refractivity contribution in [2.24, 2.45) is 50.0 Å². The molecule has 830 valence electrons. The predicted octanol–water partition coefficient (Wildman–Crippen LogP) is 6.40. The number of ether oxygens (including phenoxy) is 12. The van der Waals surface area contributed by atoms with E-state index >= 15 is 0 Å². The van der Waals surface area contributed by atoms with Crippen LogP contribution in [0.5, 0.6) is 0 Å². The Morgan fingerprint density at radius 2 is 0.401 bits per heavy atom. The Kier molecular flexibility index (Phi) is 83.8. The summed E-state index contributed by atoms with van der Waals surface area (Å²) < 4.78 is 69.4. The third-order valence-electron chi connectivity index (χ3n) is 25.0. The van der Waals surface area contributed by atoms with Gasteiger partial charge in [-0.2, -0.15) is 0 Å². The monoisotopic (exact) mass is 2040 g/mol. The highest BCUT2D eigenvalue weighted by Crippen LogP contribution is 2.32. The van der Waals surface area contributed by atoms with Crippen LogP contribution in [0.1, 0.15) is 293 Å². The fraction of sp³-hybridized carbons (Fsp3) is 0.882. The van der Waals surface area contributed by atoms with E-state index in [9.17, 15) is 78.0 Å². The molecular formula is C102H194N12O28. The molecule has 16 N–H and O–H groups in total. The van der Waals surface area contributed by atoms with Gasteiger partial charge in [-0.15, -0.1) is 0 Å². The fourth-order valence-electron chi connectivity index (χ4n) is 14.4. The Hall–Kier alpha value is -7.00. The van der Waals surface area contributed by atoms with Crippen LogP contribution in [-0.4, -0.2) is 374 Å². The number of aliphatic hydroxyl groups excluding tert-OH is 4. The highest BCUT2D eigenvalue weighted by molar-refractivity contribution is 5.74. The number of unbranched alkanes of at least 4 members (excludes halogenated alkanes) is 8. The van der Waals surface area contributed by atoms with E-state index in [1.165, 1.54) is 0 Å². The minimum atomic E-state index is -1.82. The second-order valence-corrected chi connectivity index (χ2v) is 39.6. The van der Waals surface area contributed by atoms with Crippen LogP contribution in [0.25, 0.3) is 0 Å². The fourth-order valence-corrected chi connectivity index (χ4v) is 14.4.